The minimum absolute atomic E-state index is 0.184. The van der Waals surface area contributed by atoms with Gasteiger partial charge in [-0.3, -0.25) is 19.3 Å². The van der Waals surface area contributed by atoms with Gasteiger partial charge in [-0.2, -0.15) is 0 Å². The summed E-state index contributed by atoms with van der Waals surface area (Å²) in [4.78, 5) is 38.5. The fourth-order valence-electron chi connectivity index (χ4n) is 4.27. The monoisotopic (exact) mass is 406 g/mol. The Labute approximate surface area is 176 Å². The molecule has 0 radical (unpaired) electrons. The zero-order valence-corrected chi connectivity index (χ0v) is 16.9. The van der Waals surface area contributed by atoms with Crippen molar-refractivity contribution in [2.75, 3.05) is 6.54 Å². The number of likely N-dealkylation sites (tertiary alicyclic amines) is 1. The zero-order chi connectivity index (χ0) is 20.9. The van der Waals surface area contributed by atoms with Crippen LogP contribution < -0.4 is 10.1 Å². The number of hydrogen-bond acceptors (Lipinski definition) is 4. The maximum Gasteiger partial charge on any atom is 0.240 e. The summed E-state index contributed by atoms with van der Waals surface area (Å²) in [6, 6.07) is 17.4. The number of rotatable bonds is 7. The van der Waals surface area contributed by atoms with Crippen molar-refractivity contribution in [3.8, 4) is 5.75 Å². The van der Waals surface area contributed by atoms with Gasteiger partial charge in [-0.25, -0.2) is 0 Å². The van der Waals surface area contributed by atoms with E-state index in [1.54, 1.807) is 0 Å². The van der Waals surface area contributed by atoms with Gasteiger partial charge >= 0.3 is 0 Å². The van der Waals surface area contributed by atoms with E-state index < -0.39 is 0 Å². The Kier molecular flexibility index (Phi) is 6.12. The quantitative estimate of drug-likeness (QED) is 0.717. The molecule has 6 nitrogen and oxygen atoms in total. The third kappa shape index (κ3) is 4.53. The fraction of sp³-hybridized carbons (Fsp3) is 0.375. The van der Waals surface area contributed by atoms with Crippen molar-refractivity contribution in [2.24, 2.45) is 11.8 Å². The van der Waals surface area contributed by atoms with E-state index in [1.165, 1.54) is 0 Å². The van der Waals surface area contributed by atoms with Crippen molar-refractivity contribution < 1.29 is 19.1 Å². The predicted octanol–water partition coefficient (Wildman–Crippen LogP) is 3.06. The lowest BCUT2D eigenvalue weighted by atomic mass is 9.81. The van der Waals surface area contributed by atoms with Crippen molar-refractivity contribution in [2.45, 2.75) is 38.8 Å². The van der Waals surface area contributed by atoms with Crippen LogP contribution in [-0.2, 0) is 27.5 Å². The third-order valence-electron chi connectivity index (χ3n) is 5.87. The van der Waals surface area contributed by atoms with Crippen LogP contribution in [0.4, 0.5) is 0 Å². The number of hydrogen-bond donors (Lipinski definition) is 1. The normalized spacial score (nSPS) is 20.7. The van der Waals surface area contributed by atoms with Gasteiger partial charge in [-0.1, -0.05) is 55.3 Å². The highest BCUT2D eigenvalue weighted by molar-refractivity contribution is 6.07. The van der Waals surface area contributed by atoms with Gasteiger partial charge in [0.05, 0.1) is 11.8 Å². The first-order valence-corrected chi connectivity index (χ1v) is 10.5. The smallest absolute Gasteiger partial charge is 0.240 e. The van der Waals surface area contributed by atoms with E-state index >= 15 is 0 Å². The summed E-state index contributed by atoms with van der Waals surface area (Å²) in [6.45, 7) is 0.581. The molecule has 2 aliphatic rings. The van der Waals surface area contributed by atoms with Gasteiger partial charge < -0.3 is 10.1 Å². The Balaban J connectivity index is 1.29. The van der Waals surface area contributed by atoms with E-state index in [2.05, 4.69) is 5.32 Å². The Morgan fingerprint density at radius 1 is 0.933 bits per heavy atom. The maximum absolute atomic E-state index is 12.5. The molecular formula is C24H26N2O4. The van der Waals surface area contributed by atoms with Crippen molar-refractivity contribution in [3.63, 3.8) is 0 Å². The molecule has 6 heteroatoms. The average molecular weight is 406 g/mol. The second kappa shape index (κ2) is 9.11. The Hall–Kier alpha value is -3.15. The zero-order valence-electron chi connectivity index (χ0n) is 16.9. The van der Waals surface area contributed by atoms with Crippen LogP contribution in [0.2, 0.25) is 0 Å². The minimum Gasteiger partial charge on any atom is -0.489 e. The topological polar surface area (TPSA) is 75.7 Å². The van der Waals surface area contributed by atoms with Gasteiger partial charge in [0.1, 0.15) is 18.9 Å². The van der Waals surface area contributed by atoms with Crippen molar-refractivity contribution in [1.29, 1.82) is 0 Å². The molecule has 30 heavy (non-hydrogen) atoms. The first kappa shape index (κ1) is 20.1. The molecule has 1 saturated heterocycles. The van der Waals surface area contributed by atoms with E-state index in [9.17, 15) is 14.4 Å². The first-order valence-electron chi connectivity index (χ1n) is 10.5. The summed E-state index contributed by atoms with van der Waals surface area (Å²) in [5.41, 5.74) is 1.97. The van der Waals surface area contributed by atoms with Crippen LogP contribution in [0.5, 0.6) is 5.75 Å². The summed E-state index contributed by atoms with van der Waals surface area (Å²) in [6.07, 6.45) is 3.46. The number of nitrogens with one attached hydrogen (secondary N) is 1. The molecule has 156 valence electrons. The molecule has 0 aromatic heterocycles. The van der Waals surface area contributed by atoms with Crippen LogP contribution in [0, 0.1) is 11.8 Å². The molecule has 0 spiro atoms. The second-order valence-corrected chi connectivity index (χ2v) is 7.96. The van der Waals surface area contributed by atoms with Gasteiger partial charge in [0.2, 0.25) is 17.7 Å². The number of imide groups is 1. The lowest BCUT2D eigenvalue weighted by Crippen LogP contribution is -2.40. The maximum atomic E-state index is 12.5. The molecule has 1 aliphatic carbocycles. The van der Waals surface area contributed by atoms with Crippen LogP contribution in [0.15, 0.2) is 54.6 Å². The SMILES string of the molecule is O=C(CN1C(=O)C2CCCCC2C1=O)NCc1cccc(OCc2ccccc2)c1. The highest BCUT2D eigenvalue weighted by Gasteiger charge is 2.48. The molecule has 1 saturated carbocycles. The molecule has 2 atom stereocenters. The second-order valence-electron chi connectivity index (χ2n) is 7.96. The molecule has 2 aromatic rings. The Morgan fingerprint density at radius 3 is 2.30 bits per heavy atom. The average Bonchev–Trinajstić information content (AvgIpc) is 3.02. The molecular weight excluding hydrogens is 380 g/mol. The number of benzene rings is 2. The molecule has 2 fully saturated rings. The number of carbonyl (C=O) groups excluding carboxylic acids is 3. The molecule has 0 bridgehead atoms. The largest absolute Gasteiger partial charge is 0.489 e. The van der Waals surface area contributed by atoms with E-state index in [4.69, 9.17) is 4.74 Å². The summed E-state index contributed by atoms with van der Waals surface area (Å²) in [7, 11) is 0. The van der Waals surface area contributed by atoms with Gasteiger partial charge in [0.25, 0.3) is 0 Å². The summed E-state index contributed by atoms with van der Waals surface area (Å²) < 4.78 is 5.82. The van der Waals surface area contributed by atoms with Crippen LogP contribution in [0.3, 0.4) is 0 Å². The predicted molar refractivity (Wildman–Crippen MR) is 111 cm³/mol. The van der Waals surface area contributed by atoms with Crippen LogP contribution >= 0.6 is 0 Å². The van der Waals surface area contributed by atoms with Gasteiger partial charge in [0.15, 0.2) is 0 Å². The van der Waals surface area contributed by atoms with Crippen molar-refractivity contribution >= 4 is 17.7 Å². The number of carbonyl (C=O) groups is 3. The van der Waals surface area contributed by atoms with E-state index in [0.717, 1.165) is 47.5 Å². The van der Waals surface area contributed by atoms with Gasteiger partial charge in [0, 0.05) is 6.54 Å². The summed E-state index contributed by atoms with van der Waals surface area (Å²) in [5.74, 6) is -0.423. The molecule has 1 N–H and O–H groups in total. The van der Waals surface area contributed by atoms with Crippen molar-refractivity contribution in [1.82, 2.24) is 10.2 Å². The highest BCUT2D eigenvalue weighted by atomic mass is 16.5. The number of nitrogens with zero attached hydrogens (tertiary/aromatic N) is 1. The molecule has 3 amide bonds. The minimum atomic E-state index is -0.328. The molecule has 2 unspecified atom stereocenters. The first-order chi connectivity index (χ1) is 14.6. The standard InChI is InChI=1S/C24H26N2O4/c27-22(15-26-23(28)20-11-4-5-12-21(20)24(26)29)25-14-18-9-6-10-19(13-18)30-16-17-7-2-1-3-8-17/h1-3,6-10,13,20-21H,4-5,11-12,14-16H2,(H,25,27). The Morgan fingerprint density at radius 2 is 1.60 bits per heavy atom. The molecule has 1 heterocycles. The lowest BCUT2D eigenvalue weighted by molar-refractivity contribution is -0.143. The lowest BCUT2D eigenvalue weighted by Gasteiger charge is -2.19. The van der Waals surface area contributed by atoms with Crippen LogP contribution in [-0.4, -0.2) is 29.2 Å². The summed E-state index contributed by atoms with van der Waals surface area (Å²) in [5, 5.41) is 2.81. The van der Waals surface area contributed by atoms with E-state index in [-0.39, 0.29) is 36.1 Å². The number of fused-ring (bicyclic) bond motifs is 1. The highest BCUT2D eigenvalue weighted by Crippen LogP contribution is 2.37. The van der Waals surface area contributed by atoms with Crippen LogP contribution in [0.25, 0.3) is 0 Å². The van der Waals surface area contributed by atoms with E-state index in [0.29, 0.717) is 13.2 Å². The number of ether oxygens (including phenoxy) is 1. The molecule has 1 aliphatic heterocycles. The van der Waals surface area contributed by atoms with Crippen molar-refractivity contribution in [3.05, 3.63) is 65.7 Å². The fourth-order valence-corrected chi connectivity index (χ4v) is 4.27. The van der Waals surface area contributed by atoms with E-state index in [1.807, 2.05) is 54.6 Å². The van der Waals surface area contributed by atoms with Crippen LogP contribution in [0.1, 0.15) is 36.8 Å². The molecule has 2 aromatic carbocycles. The van der Waals surface area contributed by atoms with Gasteiger partial charge in [-0.05, 0) is 36.1 Å². The Bertz CT molecular complexity index is 904. The number of amides is 3. The van der Waals surface area contributed by atoms with Gasteiger partial charge in [-0.15, -0.1) is 0 Å². The molecule has 4 rings (SSSR count). The summed E-state index contributed by atoms with van der Waals surface area (Å²) >= 11 is 0. The third-order valence-corrected chi connectivity index (χ3v) is 5.87.